The fourth-order valence-electron chi connectivity index (χ4n) is 4.38. The normalized spacial score (nSPS) is 17.4. The zero-order valence-corrected chi connectivity index (χ0v) is 21.0. The van der Waals surface area contributed by atoms with Crippen LogP contribution in [-0.4, -0.2) is 51.2 Å². The highest BCUT2D eigenvalue weighted by atomic mass is 32.2. The van der Waals surface area contributed by atoms with Crippen LogP contribution in [0.15, 0.2) is 41.3 Å². The molecule has 1 aliphatic heterocycles. The van der Waals surface area contributed by atoms with Crippen molar-refractivity contribution in [3.8, 4) is 0 Å². The molecule has 0 bridgehead atoms. The standard InChI is InChI=1S/C25H32F3N3O3S/c1-4-35(33,34)23-10-7-17(2)12-20(23)14-30-24(32)18-8-9-19(22(13-18)25(26,27)28)15-31-11-5-6-21(16-31)29-3/h7-10,12-13,21,29H,4-6,11,14-16H2,1-3H3,(H,30,32)/t21-/m0/s1. The van der Waals surface area contributed by atoms with Crippen molar-refractivity contribution in [2.75, 3.05) is 25.9 Å². The number of alkyl halides is 3. The third kappa shape index (κ3) is 6.83. The molecule has 3 rings (SSSR count). The number of amides is 1. The Kier molecular flexibility index (Phi) is 8.61. The van der Waals surface area contributed by atoms with Crippen molar-refractivity contribution < 1.29 is 26.4 Å². The molecule has 0 saturated carbocycles. The SMILES string of the molecule is CCS(=O)(=O)c1ccc(C)cc1CNC(=O)c1ccc(CN2CCC[C@H](NC)C2)c(C(F)(F)F)c1. The first-order chi connectivity index (χ1) is 16.4. The zero-order valence-electron chi connectivity index (χ0n) is 20.2. The number of carbonyl (C=O) groups is 1. The van der Waals surface area contributed by atoms with Crippen molar-refractivity contribution in [3.05, 3.63) is 64.2 Å². The monoisotopic (exact) mass is 511 g/mol. The van der Waals surface area contributed by atoms with Crippen LogP contribution < -0.4 is 10.6 Å². The number of sulfone groups is 1. The molecule has 6 nitrogen and oxygen atoms in total. The van der Waals surface area contributed by atoms with E-state index in [9.17, 15) is 26.4 Å². The number of carbonyl (C=O) groups excluding carboxylic acids is 1. The number of nitrogens with zero attached hydrogens (tertiary/aromatic N) is 1. The van der Waals surface area contributed by atoms with Crippen LogP contribution in [0.25, 0.3) is 0 Å². The predicted octanol–water partition coefficient (Wildman–Crippen LogP) is 3.92. The molecular formula is C25H32F3N3O3S. The Morgan fingerprint density at radius 2 is 1.89 bits per heavy atom. The van der Waals surface area contributed by atoms with E-state index in [1.807, 2.05) is 11.9 Å². The van der Waals surface area contributed by atoms with E-state index in [4.69, 9.17) is 0 Å². The smallest absolute Gasteiger partial charge is 0.348 e. The summed E-state index contributed by atoms with van der Waals surface area (Å²) in [4.78, 5) is 14.8. The van der Waals surface area contributed by atoms with Crippen LogP contribution in [0.1, 0.15) is 52.4 Å². The molecule has 2 aromatic carbocycles. The number of hydrogen-bond donors (Lipinski definition) is 2. The lowest BCUT2D eigenvalue weighted by Gasteiger charge is -2.33. The Bertz CT molecular complexity index is 1170. The van der Waals surface area contributed by atoms with E-state index in [1.165, 1.54) is 25.1 Å². The number of piperidine rings is 1. The second-order valence-corrected chi connectivity index (χ2v) is 11.2. The average molecular weight is 512 g/mol. The summed E-state index contributed by atoms with van der Waals surface area (Å²) in [7, 11) is -1.67. The molecule has 1 aliphatic rings. The lowest BCUT2D eigenvalue weighted by atomic mass is 10.00. The minimum Gasteiger partial charge on any atom is -0.348 e. The summed E-state index contributed by atoms with van der Waals surface area (Å²) in [5.74, 6) is -0.795. The van der Waals surface area contributed by atoms with Crippen LogP contribution >= 0.6 is 0 Å². The van der Waals surface area contributed by atoms with Crippen LogP contribution in [0.4, 0.5) is 13.2 Å². The van der Waals surface area contributed by atoms with Gasteiger partial charge in [0.1, 0.15) is 0 Å². The van der Waals surface area contributed by atoms with E-state index in [2.05, 4.69) is 10.6 Å². The van der Waals surface area contributed by atoms with Crippen LogP contribution in [0.3, 0.4) is 0 Å². The quantitative estimate of drug-likeness (QED) is 0.562. The van der Waals surface area contributed by atoms with E-state index in [0.29, 0.717) is 12.1 Å². The van der Waals surface area contributed by atoms with Gasteiger partial charge < -0.3 is 10.6 Å². The fraction of sp³-hybridized carbons (Fsp3) is 0.480. The number of rotatable bonds is 8. The minimum atomic E-state index is -4.61. The predicted molar refractivity (Wildman–Crippen MR) is 129 cm³/mol. The molecule has 0 aliphatic carbocycles. The zero-order chi connectivity index (χ0) is 25.8. The van der Waals surface area contributed by atoms with Gasteiger partial charge in [-0.25, -0.2) is 8.42 Å². The van der Waals surface area contributed by atoms with E-state index >= 15 is 0 Å². The van der Waals surface area contributed by atoms with Crippen LogP contribution in [-0.2, 0) is 29.1 Å². The Morgan fingerprint density at radius 1 is 1.14 bits per heavy atom. The fourth-order valence-corrected chi connectivity index (χ4v) is 5.49. The molecule has 1 heterocycles. The molecule has 2 aromatic rings. The van der Waals surface area contributed by atoms with Gasteiger partial charge in [0.15, 0.2) is 9.84 Å². The Balaban J connectivity index is 1.81. The number of likely N-dealkylation sites (N-methyl/N-ethyl adjacent to an activating group) is 1. The maximum Gasteiger partial charge on any atom is 0.416 e. The number of benzene rings is 2. The van der Waals surface area contributed by atoms with Gasteiger partial charge in [-0.2, -0.15) is 13.2 Å². The second kappa shape index (κ2) is 11.1. The van der Waals surface area contributed by atoms with E-state index < -0.39 is 27.5 Å². The lowest BCUT2D eigenvalue weighted by Crippen LogP contribution is -2.44. The van der Waals surface area contributed by atoms with Crippen LogP contribution in [0.2, 0.25) is 0 Å². The van der Waals surface area contributed by atoms with Gasteiger partial charge in [-0.05, 0) is 62.7 Å². The van der Waals surface area contributed by atoms with Gasteiger partial charge in [0.25, 0.3) is 5.91 Å². The molecule has 192 valence electrons. The molecule has 35 heavy (non-hydrogen) atoms. The molecule has 0 unspecified atom stereocenters. The molecule has 2 N–H and O–H groups in total. The summed E-state index contributed by atoms with van der Waals surface area (Å²) in [6.45, 7) is 4.74. The van der Waals surface area contributed by atoms with Crippen molar-refractivity contribution in [1.82, 2.24) is 15.5 Å². The number of halogens is 3. The van der Waals surface area contributed by atoms with Crippen LogP contribution in [0.5, 0.6) is 0 Å². The Labute approximate surface area is 204 Å². The molecule has 1 saturated heterocycles. The molecule has 1 fully saturated rings. The molecule has 0 aromatic heterocycles. The average Bonchev–Trinajstić information content (AvgIpc) is 2.82. The van der Waals surface area contributed by atoms with Gasteiger partial charge in [0.2, 0.25) is 0 Å². The Morgan fingerprint density at radius 3 is 2.54 bits per heavy atom. The van der Waals surface area contributed by atoms with Gasteiger partial charge in [-0.1, -0.05) is 30.7 Å². The summed E-state index contributed by atoms with van der Waals surface area (Å²) in [6, 6.07) is 8.69. The summed E-state index contributed by atoms with van der Waals surface area (Å²) in [5, 5.41) is 5.76. The first-order valence-corrected chi connectivity index (χ1v) is 13.3. The molecular weight excluding hydrogens is 479 g/mol. The second-order valence-electron chi connectivity index (χ2n) is 8.93. The summed E-state index contributed by atoms with van der Waals surface area (Å²) >= 11 is 0. The van der Waals surface area contributed by atoms with Gasteiger partial charge in [0, 0.05) is 31.2 Å². The van der Waals surface area contributed by atoms with E-state index in [-0.39, 0.29) is 40.9 Å². The summed E-state index contributed by atoms with van der Waals surface area (Å²) in [6.07, 6.45) is -2.72. The van der Waals surface area contributed by atoms with Crippen molar-refractivity contribution in [2.24, 2.45) is 0 Å². The highest BCUT2D eigenvalue weighted by molar-refractivity contribution is 7.91. The van der Waals surface area contributed by atoms with Gasteiger partial charge >= 0.3 is 6.18 Å². The Hall–Kier alpha value is -2.43. The van der Waals surface area contributed by atoms with Crippen molar-refractivity contribution >= 4 is 15.7 Å². The maximum atomic E-state index is 13.9. The molecule has 1 atom stereocenters. The highest BCUT2D eigenvalue weighted by Gasteiger charge is 2.35. The first kappa shape index (κ1) is 27.2. The number of hydrogen-bond acceptors (Lipinski definition) is 5. The van der Waals surface area contributed by atoms with Gasteiger partial charge in [-0.3, -0.25) is 9.69 Å². The molecule has 10 heteroatoms. The third-order valence-corrected chi connectivity index (χ3v) is 8.18. The third-order valence-electron chi connectivity index (χ3n) is 6.36. The van der Waals surface area contributed by atoms with Gasteiger partial charge in [0.05, 0.1) is 16.2 Å². The summed E-state index contributed by atoms with van der Waals surface area (Å²) < 4.78 is 66.4. The summed E-state index contributed by atoms with van der Waals surface area (Å²) in [5.41, 5.74) is 0.381. The highest BCUT2D eigenvalue weighted by Crippen LogP contribution is 2.34. The van der Waals surface area contributed by atoms with Crippen LogP contribution in [0, 0.1) is 6.92 Å². The van der Waals surface area contributed by atoms with Gasteiger partial charge in [-0.15, -0.1) is 0 Å². The van der Waals surface area contributed by atoms with Crippen molar-refractivity contribution in [3.63, 3.8) is 0 Å². The number of likely N-dealkylation sites (tertiary alicyclic amines) is 1. The first-order valence-electron chi connectivity index (χ1n) is 11.6. The van der Waals surface area contributed by atoms with Crippen molar-refractivity contribution in [1.29, 1.82) is 0 Å². The van der Waals surface area contributed by atoms with E-state index in [0.717, 1.165) is 31.0 Å². The molecule has 0 spiro atoms. The lowest BCUT2D eigenvalue weighted by molar-refractivity contribution is -0.138. The minimum absolute atomic E-state index is 0.0977. The topological polar surface area (TPSA) is 78.5 Å². The van der Waals surface area contributed by atoms with E-state index in [1.54, 1.807) is 19.1 Å². The van der Waals surface area contributed by atoms with Crippen molar-refractivity contribution in [2.45, 2.75) is 56.9 Å². The maximum absolute atomic E-state index is 13.9. The number of nitrogens with one attached hydrogen (secondary N) is 2. The number of aryl methyl sites for hydroxylation is 1. The molecule has 0 radical (unpaired) electrons. The largest absolute Gasteiger partial charge is 0.416 e. The molecule has 1 amide bonds.